The van der Waals surface area contributed by atoms with Crippen LogP contribution in [0.5, 0.6) is 0 Å². The van der Waals surface area contributed by atoms with E-state index in [9.17, 15) is 5.11 Å². The van der Waals surface area contributed by atoms with Gasteiger partial charge in [-0.3, -0.25) is 0 Å². The molecule has 1 saturated heterocycles. The highest BCUT2D eigenvalue weighted by molar-refractivity contribution is 5.02. The molecule has 3 unspecified atom stereocenters. The molecule has 2 rings (SSSR count). The Bertz CT molecular complexity index is 219. The number of rotatable bonds is 5. The zero-order valence-electron chi connectivity index (χ0n) is 10.4. The Balaban J connectivity index is 1.81. The van der Waals surface area contributed by atoms with Gasteiger partial charge in [-0.2, -0.15) is 0 Å². The van der Waals surface area contributed by atoms with E-state index in [1.807, 2.05) is 0 Å². The van der Waals surface area contributed by atoms with Gasteiger partial charge >= 0.3 is 0 Å². The second-order valence-corrected chi connectivity index (χ2v) is 5.24. The number of hydrogen-bond acceptors (Lipinski definition) is 3. The standard InChI is InChI=1S/C13H24O3/c1-3-13(4-2)11(14)7-12(13)16-9-10-5-6-15-8-10/h10-12,14H,3-9H2,1-2H3. The molecule has 1 aliphatic carbocycles. The molecule has 3 nitrogen and oxygen atoms in total. The lowest BCUT2D eigenvalue weighted by Crippen LogP contribution is -2.57. The van der Waals surface area contributed by atoms with Crippen LogP contribution in [0.3, 0.4) is 0 Å². The summed E-state index contributed by atoms with van der Waals surface area (Å²) in [4.78, 5) is 0. The van der Waals surface area contributed by atoms with Gasteiger partial charge in [-0.15, -0.1) is 0 Å². The van der Waals surface area contributed by atoms with Crippen molar-refractivity contribution in [2.75, 3.05) is 19.8 Å². The van der Waals surface area contributed by atoms with Crippen LogP contribution in [0.4, 0.5) is 0 Å². The highest BCUT2D eigenvalue weighted by Gasteiger charge is 2.52. The van der Waals surface area contributed by atoms with E-state index in [1.165, 1.54) is 0 Å². The minimum absolute atomic E-state index is 0.0272. The summed E-state index contributed by atoms with van der Waals surface area (Å²) in [6.45, 7) is 6.84. The van der Waals surface area contributed by atoms with Crippen LogP contribution in [0.25, 0.3) is 0 Å². The molecule has 16 heavy (non-hydrogen) atoms. The van der Waals surface area contributed by atoms with Crippen LogP contribution in [0.2, 0.25) is 0 Å². The van der Waals surface area contributed by atoms with E-state index < -0.39 is 0 Å². The van der Waals surface area contributed by atoms with Crippen molar-refractivity contribution in [3.05, 3.63) is 0 Å². The molecular formula is C13H24O3. The number of aliphatic hydroxyl groups excluding tert-OH is 1. The van der Waals surface area contributed by atoms with E-state index in [2.05, 4.69) is 13.8 Å². The molecule has 94 valence electrons. The molecule has 0 bridgehead atoms. The second-order valence-electron chi connectivity index (χ2n) is 5.24. The zero-order chi connectivity index (χ0) is 11.6. The molecule has 3 heteroatoms. The molecule has 3 atom stereocenters. The molecule has 0 spiro atoms. The van der Waals surface area contributed by atoms with Crippen LogP contribution in [-0.4, -0.2) is 37.1 Å². The normalized spacial score (nSPS) is 37.3. The van der Waals surface area contributed by atoms with Gasteiger partial charge in [-0.25, -0.2) is 0 Å². The fourth-order valence-corrected chi connectivity index (χ4v) is 3.10. The van der Waals surface area contributed by atoms with Crippen molar-refractivity contribution in [3.8, 4) is 0 Å². The fourth-order valence-electron chi connectivity index (χ4n) is 3.10. The smallest absolute Gasteiger partial charge is 0.0680 e. The van der Waals surface area contributed by atoms with Gasteiger partial charge in [0.05, 0.1) is 25.4 Å². The molecule has 0 amide bonds. The van der Waals surface area contributed by atoms with Crippen LogP contribution < -0.4 is 0 Å². The average molecular weight is 228 g/mol. The van der Waals surface area contributed by atoms with Crippen molar-refractivity contribution < 1.29 is 14.6 Å². The summed E-state index contributed by atoms with van der Waals surface area (Å²) < 4.78 is 11.3. The van der Waals surface area contributed by atoms with Crippen molar-refractivity contribution in [2.45, 2.75) is 51.7 Å². The van der Waals surface area contributed by atoms with E-state index in [0.29, 0.717) is 5.92 Å². The molecule has 0 radical (unpaired) electrons. The summed E-state index contributed by atoms with van der Waals surface area (Å²) in [5.74, 6) is 0.573. The molecule has 0 aromatic heterocycles. The summed E-state index contributed by atoms with van der Waals surface area (Å²) in [6.07, 6.45) is 4.06. The summed E-state index contributed by atoms with van der Waals surface area (Å²) >= 11 is 0. The van der Waals surface area contributed by atoms with E-state index >= 15 is 0 Å². The molecule has 0 aromatic carbocycles. The first-order chi connectivity index (χ1) is 7.73. The van der Waals surface area contributed by atoms with Crippen molar-refractivity contribution in [1.29, 1.82) is 0 Å². The van der Waals surface area contributed by atoms with Gasteiger partial charge in [-0.1, -0.05) is 13.8 Å². The predicted octanol–water partition coefficient (Wildman–Crippen LogP) is 1.98. The summed E-state index contributed by atoms with van der Waals surface area (Å²) in [5.41, 5.74) is 0.0272. The largest absolute Gasteiger partial charge is 0.392 e. The Labute approximate surface area is 98.1 Å². The third-order valence-corrected chi connectivity index (χ3v) is 4.62. The lowest BCUT2D eigenvalue weighted by Gasteiger charge is -2.53. The number of ether oxygens (including phenoxy) is 2. The van der Waals surface area contributed by atoms with Crippen LogP contribution in [0.15, 0.2) is 0 Å². The first-order valence-electron chi connectivity index (χ1n) is 6.60. The lowest BCUT2D eigenvalue weighted by atomic mass is 9.60. The van der Waals surface area contributed by atoms with Gasteiger partial charge in [0.25, 0.3) is 0 Å². The Morgan fingerprint density at radius 2 is 2.12 bits per heavy atom. The van der Waals surface area contributed by atoms with Gasteiger partial charge in [0.2, 0.25) is 0 Å². The molecular weight excluding hydrogens is 204 g/mol. The fraction of sp³-hybridized carbons (Fsp3) is 1.00. The van der Waals surface area contributed by atoms with Gasteiger partial charge in [0.1, 0.15) is 0 Å². The van der Waals surface area contributed by atoms with E-state index in [1.54, 1.807) is 0 Å². The van der Waals surface area contributed by atoms with Crippen LogP contribution in [0.1, 0.15) is 39.5 Å². The Morgan fingerprint density at radius 3 is 2.62 bits per heavy atom. The SMILES string of the molecule is CCC1(CC)C(O)CC1OCC1CCOC1. The number of aliphatic hydroxyl groups is 1. The molecule has 1 N–H and O–H groups in total. The van der Waals surface area contributed by atoms with E-state index in [0.717, 1.165) is 45.5 Å². The highest BCUT2D eigenvalue weighted by atomic mass is 16.5. The Kier molecular flexibility index (Phi) is 3.88. The maximum Gasteiger partial charge on any atom is 0.0680 e. The van der Waals surface area contributed by atoms with Gasteiger partial charge < -0.3 is 14.6 Å². The maximum absolute atomic E-state index is 9.92. The van der Waals surface area contributed by atoms with Crippen LogP contribution >= 0.6 is 0 Å². The third kappa shape index (κ3) is 2.01. The first-order valence-corrected chi connectivity index (χ1v) is 6.60. The predicted molar refractivity (Wildman–Crippen MR) is 62.3 cm³/mol. The van der Waals surface area contributed by atoms with E-state index in [-0.39, 0.29) is 17.6 Å². The Hall–Kier alpha value is -0.120. The Morgan fingerprint density at radius 1 is 1.38 bits per heavy atom. The van der Waals surface area contributed by atoms with Gasteiger partial charge in [0, 0.05) is 24.4 Å². The van der Waals surface area contributed by atoms with Crippen LogP contribution in [0, 0.1) is 11.3 Å². The minimum Gasteiger partial charge on any atom is -0.392 e. The second kappa shape index (κ2) is 5.03. The molecule has 1 aliphatic heterocycles. The first kappa shape index (κ1) is 12.3. The van der Waals surface area contributed by atoms with Gasteiger partial charge in [0.15, 0.2) is 0 Å². The molecule has 1 saturated carbocycles. The quantitative estimate of drug-likeness (QED) is 0.782. The monoisotopic (exact) mass is 228 g/mol. The van der Waals surface area contributed by atoms with Crippen molar-refractivity contribution in [2.24, 2.45) is 11.3 Å². The highest BCUT2D eigenvalue weighted by Crippen LogP contribution is 2.48. The summed E-state index contributed by atoms with van der Waals surface area (Å²) in [7, 11) is 0. The molecule has 2 aliphatic rings. The summed E-state index contributed by atoms with van der Waals surface area (Å²) in [5, 5.41) is 9.92. The zero-order valence-corrected chi connectivity index (χ0v) is 10.4. The van der Waals surface area contributed by atoms with E-state index in [4.69, 9.17) is 9.47 Å². The molecule has 2 fully saturated rings. The lowest BCUT2D eigenvalue weighted by molar-refractivity contribution is -0.200. The van der Waals surface area contributed by atoms with Crippen LogP contribution in [-0.2, 0) is 9.47 Å². The minimum atomic E-state index is -0.160. The van der Waals surface area contributed by atoms with Gasteiger partial charge in [-0.05, 0) is 19.3 Å². The number of hydrogen-bond donors (Lipinski definition) is 1. The molecule has 0 aromatic rings. The average Bonchev–Trinajstić information content (AvgIpc) is 2.78. The summed E-state index contributed by atoms with van der Waals surface area (Å²) in [6, 6.07) is 0. The maximum atomic E-state index is 9.92. The van der Waals surface area contributed by atoms with Crippen molar-refractivity contribution in [3.63, 3.8) is 0 Å². The molecule has 1 heterocycles. The van der Waals surface area contributed by atoms with Crippen molar-refractivity contribution in [1.82, 2.24) is 0 Å². The van der Waals surface area contributed by atoms with Crippen molar-refractivity contribution >= 4 is 0 Å². The topological polar surface area (TPSA) is 38.7 Å². The third-order valence-electron chi connectivity index (χ3n) is 4.62.